The maximum Gasteiger partial charge on any atom is 0.324 e. The maximum atomic E-state index is 13.8. The largest absolute Gasteiger partial charge is 0.324 e. The monoisotopic (exact) mass is 496 g/mol. The molecule has 1 aliphatic carbocycles. The highest BCUT2D eigenvalue weighted by molar-refractivity contribution is 6.04. The van der Waals surface area contributed by atoms with Gasteiger partial charge in [-0.05, 0) is 93.5 Å². The summed E-state index contributed by atoms with van der Waals surface area (Å²) in [5, 5.41) is 2.96. The van der Waals surface area contributed by atoms with Gasteiger partial charge in [0.15, 0.2) is 0 Å². The molecule has 1 saturated carbocycles. The van der Waals surface area contributed by atoms with Gasteiger partial charge in [-0.2, -0.15) is 0 Å². The van der Waals surface area contributed by atoms with Crippen LogP contribution < -0.4 is 10.2 Å². The fourth-order valence-electron chi connectivity index (χ4n) is 4.89. The quantitative estimate of drug-likeness (QED) is 0.362. The maximum absolute atomic E-state index is 13.8. The summed E-state index contributed by atoms with van der Waals surface area (Å²) in [6.07, 6.45) is 9.82. The van der Waals surface area contributed by atoms with E-state index in [2.05, 4.69) is 28.5 Å². The van der Waals surface area contributed by atoms with Gasteiger partial charge < -0.3 is 10.2 Å². The molecule has 0 aliphatic heterocycles. The predicted molar refractivity (Wildman–Crippen MR) is 150 cm³/mol. The molecule has 2 aromatic carbocycles. The molecule has 0 spiro atoms. The van der Waals surface area contributed by atoms with E-state index in [-0.39, 0.29) is 18.0 Å². The van der Waals surface area contributed by atoms with Crippen LogP contribution in [0, 0.1) is 0 Å². The van der Waals surface area contributed by atoms with Crippen LogP contribution in [0.1, 0.15) is 61.4 Å². The van der Waals surface area contributed by atoms with E-state index < -0.39 is 0 Å². The van der Waals surface area contributed by atoms with Crippen LogP contribution in [0.2, 0.25) is 0 Å². The van der Waals surface area contributed by atoms with E-state index in [1.165, 1.54) is 5.56 Å². The Bertz CT molecular complexity index is 1210. The lowest BCUT2D eigenvalue weighted by Gasteiger charge is -2.37. The van der Waals surface area contributed by atoms with E-state index >= 15 is 0 Å². The van der Waals surface area contributed by atoms with Crippen LogP contribution >= 0.6 is 0 Å². The summed E-state index contributed by atoms with van der Waals surface area (Å²) >= 11 is 0. The van der Waals surface area contributed by atoms with Crippen molar-refractivity contribution in [1.29, 1.82) is 0 Å². The Morgan fingerprint density at radius 2 is 1.65 bits per heavy atom. The molecule has 0 atom stereocenters. The number of rotatable bonds is 7. The van der Waals surface area contributed by atoms with Crippen molar-refractivity contribution in [3.8, 4) is 0 Å². The number of nitrogens with one attached hydrogen (secondary N) is 1. The molecule has 0 saturated heterocycles. The molecule has 6 heteroatoms. The van der Waals surface area contributed by atoms with E-state index in [4.69, 9.17) is 0 Å². The van der Waals surface area contributed by atoms with Crippen molar-refractivity contribution in [2.24, 2.45) is 0 Å². The van der Waals surface area contributed by atoms with Crippen molar-refractivity contribution in [2.75, 3.05) is 23.8 Å². The molecule has 0 unspecified atom stereocenters. The van der Waals surface area contributed by atoms with Crippen LogP contribution in [-0.2, 0) is 0 Å². The molecule has 6 nitrogen and oxygen atoms in total. The number of pyridine rings is 1. The van der Waals surface area contributed by atoms with Crippen LogP contribution in [-0.4, -0.2) is 41.5 Å². The molecule has 37 heavy (non-hydrogen) atoms. The normalized spacial score (nSPS) is 16.9. The Kier molecular flexibility index (Phi) is 8.72. The summed E-state index contributed by atoms with van der Waals surface area (Å²) in [6.45, 7) is 4.53. The highest BCUT2D eigenvalue weighted by Gasteiger charge is 2.30. The number of hydrogen-bond donors (Lipinski definition) is 1. The predicted octanol–water partition coefficient (Wildman–Crippen LogP) is 6.88. The van der Waals surface area contributed by atoms with Gasteiger partial charge in [-0.1, -0.05) is 35.9 Å². The van der Waals surface area contributed by atoms with Crippen molar-refractivity contribution in [3.63, 3.8) is 0 Å². The summed E-state index contributed by atoms with van der Waals surface area (Å²) in [5.74, 6) is 0.345. The first-order valence-electron chi connectivity index (χ1n) is 13.0. The number of allylic oxidation sites excluding steroid dienone is 1. The van der Waals surface area contributed by atoms with Gasteiger partial charge in [-0.3, -0.25) is 14.7 Å². The fraction of sp³-hybridized carbons (Fsp3) is 0.323. The first-order chi connectivity index (χ1) is 17.9. The van der Waals surface area contributed by atoms with Crippen molar-refractivity contribution >= 4 is 23.3 Å². The Morgan fingerprint density at radius 1 is 0.946 bits per heavy atom. The van der Waals surface area contributed by atoms with Gasteiger partial charge in [-0.15, -0.1) is 0 Å². The SMILES string of the molecule is CC(C)=CCN(C(=O)N(C)C1CCC(c2ccncc2)CC1)c1cccc(NC(=O)c2ccccc2)c1. The number of amides is 3. The third-order valence-electron chi connectivity index (χ3n) is 7.09. The lowest BCUT2D eigenvalue weighted by Crippen LogP contribution is -2.47. The lowest BCUT2D eigenvalue weighted by molar-refractivity contribution is 0.102. The number of nitrogens with zero attached hydrogens (tertiary/aromatic N) is 3. The molecule has 1 fully saturated rings. The first-order valence-corrected chi connectivity index (χ1v) is 13.0. The van der Waals surface area contributed by atoms with Crippen LogP contribution in [0.15, 0.2) is 90.8 Å². The number of carbonyl (C=O) groups excluding carboxylic acids is 2. The minimum atomic E-state index is -0.178. The smallest absolute Gasteiger partial charge is 0.324 e. The molecule has 1 aliphatic rings. The van der Waals surface area contributed by atoms with Crippen LogP contribution in [0.3, 0.4) is 0 Å². The summed E-state index contributed by atoms with van der Waals surface area (Å²) in [7, 11) is 1.91. The van der Waals surface area contributed by atoms with E-state index in [1.54, 1.807) is 17.0 Å². The van der Waals surface area contributed by atoms with Crippen molar-refractivity contribution in [3.05, 3.63) is 102 Å². The van der Waals surface area contributed by atoms with Crippen LogP contribution in [0.25, 0.3) is 0 Å². The molecule has 192 valence electrons. The number of anilines is 2. The molecule has 1 N–H and O–H groups in total. The second-order valence-corrected chi connectivity index (χ2v) is 9.94. The van der Waals surface area contributed by atoms with Crippen LogP contribution in [0.5, 0.6) is 0 Å². The second kappa shape index (κ2) is 12.3. The zero-order valence-electron chi connectivity index (χ0n) is 21.9. The van der Waals surface area contributed by atoms with Crippen LogP contribution in [0.4, 0.5) is 16.2 Å². The average Bonchev–Trinajstić information content (AvgIpc) is 2.94. The number of benzene rings is 2. The summed E-state index contributed by atoms with van der Waals surface area (Å²) in [4.78, 5) is 34.3. The molecule has 1 heterocycles. The van der Waals surface area contributed by atoms with E-state index in [0.717, 1.165) is 36.9 Å². The van der Waals surface area contributed by atoms with E-state index in [1.807, 2.05) is 80.7 Å². The minimum Gasteiger partial charge on any atom is -0.324 e. The van der Waals surface area contributed by atoms with E-state index in [9.17, 15) is 9.59 Å². The fourth-order valence-corrected chi connectivity index (χ4v) is 4.89. The van der Waals surface area contributed by atoms with Crippen molar-refractivity contribution < 1.29 is 9.59 Å². The zero-order valence-corrected chi connectivity index (χ0v) is 21.9. The standard InChI is InChI=1S/C31H36N4O2/c1-23(2)18-21-35(29-11-7-10-27(22-29)33-30(36)26-8-5-4-6-9-26)31(37)34(3)28-14-12-24(13-15-28)25-16-19-32-20-17-25/h4-11,16-20,22,24,28H,12-15,21H2,1-3H3,(H,33,36). The summed E-state index contributed by atoms with van der Waals surface area (Å²) in [6, 6.07) is 21.0. The summed E-state index contributed by atoms with van der Waals surface area (Å²) < 4.78 is 0. The molecule has 1 aromatic heterocycles. The minimum absolute atomic E-state index is 0.0311. The molecule has 3 aromatic rings. The van der Waals surface area contributed by atoms with Gasteiger partial charge in [0.1, 0.15) is 0 Å². The van der Waals surface area contributed by atoms with Crippen molar-refractivity contribution in [1.82, 2.24) is 9.88 Å². The third kappa shape index (κ3) is 6.85. The van der Waals surface area contributed by atoms with Gasteiger partial charge in [-0.25, -0.2) is 4.79 Å². The van der Waals surface area contributed by atoms with Gasteiger partial charge >= 0.3 is 6.03 Å². The first kappa shape index (κ1) is 26.1. The Hall–Kier alpha value is -3.93. The zero-order chi connectivity index (χ0) is 26.2. The average molecular weight is 497 g/mol. The Morgan fingerprint density at radius 3 is 2.32 bits per heavy atom. The van der Waals surface area contributed by atoms with Gasteiger partial charge in [0.05, 0.1) is 0 Å². The molecular formula is C31H36N4O2. The van der Waals surface area contributed by atoms with Gasteiger partial charge in [0.25, 0.3) is 5.91 Å². The van der Waals surface area contributed by atoms with Gasteiger partial charge in [0, 0.05) is 49.0 Å². The number of carbonyl (C=O) groups is 2. The molecular weight excluding hydrogens is 460 g/mol. The summed E-state index contributed by atoms with van der Waals surface area (Å²) in [5.41, 5.74) is 4.48. The second-order valence-electron chi connectivity index (χ2n) is 9.94. The van der Waals surface area contributed by atoms with Crippen molar-refractivity contribution in [2.45, 2.75) is 51.5 Å². The third-order valence-corrected chi connectivity index (χ3v) is 7.09. The number of aromatic nitrogens is 1. The number of urea groups is 1. The Labute approximate surface area is 220 Å². The molecule has 0 bridgehead atoms. The van der Waals surface area contributed by atoms with Gasteiger partial charge in [0.2, 0.25) is 0 Å². The highest BCUT2D eigenvalue weighted by atomic mass is 16.2. The topological polar surface area (TPSA) is 65.5 Å². The molecule has 4 rings (SSSR count). The van der Waals surface area contributed by atoms with E-state index in [0.29, 0.717) is 23.7 Å². The molecule has 3 amide bonds. The number of hydrogen-bond acceptors (Lipinski definition) is 3. The molecule has 0 radical (unpaired) electrons. The highest BCUT2D eigenvalue weighted by Crippen LogP contribution is 2.35. The lowest BCUT2D eigenvalue weighted by atomic mass is 9.81. The Balaban J connectivity index is 1.48.